The van der Waals surface area contributed by atoms with Gasteiger partial charge in [0.1, 0.15) is 5.75 Å². The fraction of sp³-hybridized carbons (Fsp3) is 0.500. The van der Waals surface area contributed by atoms with Crippen molar-refractivity contribution in [2.75, 3.05) is 19.7 Å². The lowest BCUT2D eigenvalue weighted by Gasteiger charge is -2.31. The molecule has 1 aliphatic heterocycles. The second-order valence-electron chi connectivity index (χ2n) is 5.16. The number of piperidine rings is 1. The number of ether oxygens (including phenoxy) is 1. The summed E-state index contributed by atoms with van der Waals surface area (Å²) >= 11 is 0. The Morgan fingerprint density at radius 3 is 2.55 bits per heavy atom. The van der Waals surface area contributed by atoms with E-state index >= 15 is 0 Å². The fourth-order valence-corrected chi connectivity index (χ4v) is 2.45. The highest BCUT2D eigenvalue weighted by Crippen LogP contribution is 2.20. The van der Waals surface area contributed by atoms with Crippen molar-refractivity contribution in [3.05, 3.63) is 29.8 Å². The zero-order valence-electron chi connectivity index (χ0n) is 11.8. The van der Waals surface area contributed by atoms with E-state index in [1.54, 1.807) is 24.3 Å². The lowest BCUT2D eigenvalue weighted by molar-refractivity contribution is -0.134. The Bertz CT molecular complexity index is 482. The van der Waals surface area contributed by atoms with E-state index in [9.17, 15) is 4.79 Å². The predicted molar refractivity (Wildman–Crippen MR) is 76.2 cm³/mol. The van der Waals surface area contributed by atoms with E-state index < -0.39 is 0 Å². The van der Waals surface area contributed by atoms with Gasteiger partial charge in [-0.05, 0) is 43.0 Å². The first-order valence-corrected chi connectivity index (χ1v) is 7.13. The summed E-state index contributed by atoms with van der Waals surface area (Å²) in [5.74, 6) is 1.43. The van der Waals surface area contributed by atoms with E-state index in [1.807, 2.05) is 11.0 Å². The van der Waals surface area contributed by atoms with Gasteiger partial charge in [0, 0.05) is 13.1 Å². The van der Waals surface area contributed by atoms with Crippen LogP contribution in [0, 0.1) is 17.2 Å². The number of likely N-dealkylation sites (tertiary alicyclic amines) is 1. The van der Waals surface area contributed by atoms with Gasteiger partial charge >= 0.3 is 0 Å². The molecule has 0 radical (unpaired) electrons. The maximum Gasteiger partial charge on any atom is 0.260 e. The van der Waals surface area contributed by atoms with Crippen LogP contribution in [-0.2, 0) is 4.79 Å². The van der Waals surface area contributed by atoms with Crippen LogP contribution in [-0.4, -0.2) is 30.5 Å². The Hall–Kier alpha value is -2.02. The van der Waals surface area contributed by atoms with Crippen molar-refractivity contribution in [3.8, 4) is 11.8 Å². The molecule has 1 amide bonds. The van der Waals surface area contributed by atoms with Crippen molar-refractivity contribution in [1.29, 1.82) is 5.26 Å². The smallest absolute Gasteiger partial charge is 0.260 e. The van der Waals surface area contributed by atoms with Gasteiger partial charge in [0.05, 0.1) is 11.6 Å². The SMILES string of the molecule is CCC1CCN(C(=O)COc2ccc(C#N)cc2)CC1. The number of nitriles is 1. The van der Waals surface area contributed by atoms with Gasteiger partial charge in [-0.1, -0.05) is 13.3 Å². The fourth-order valence-electron chi connectivity index (χ4n) is 2.45. The maximum absolute atomic E-state index is 12.0. The van der Waals surface area contributed by atoms with E-state index in [0.717, 1.165) is 31.8 Å². The molecule has 0 saturated carbocycles. The van der Waals surface area contributed by atoms with Crippen LogP contribution in [0.25, 0.3) is 0 Å². The Balaban J connectivity index is 1.79. The summed E-state index contributed by atoms with van der Waals surface area (Å²) in [5, 5.41) is 8.71. The number of hydrogen-bond acceptors (Lipinski definition) is 3. The van der Waals surface area contributed by atoms with Crippen molar-refractivity contribution < 1.29 is 9.53 Å². The molecule has 2 rings (SSSR count). The van der Waals surface area contributed by atoms with Crippen LogP contribution in [0.2, 0.25) is 0 Å². The number of amides is 1. The summed E-state index contributed by atoms with van der Waals surface area (Å²) in [7, 11) is 0. The van der Waals surface area contributed by atoms with Crippen LogP contribution in [0.5, 0.6) is 5.75 Å². The molecule has 0 N–H and O–H groups in total. The first-order valence-electron chi connectivity index (χ1n) is 7.13. The van der Waals surface area contributed by atoms with E-state index in [1.165, 1.54) is 6.42 Å². The number of rotatable bonds is 4. The highest BCUT2D eigenvalue weighted by Gasteiger charge is 2.21. The number of carbonyl (C=O) groups is 1. The molecule has 0 atom stereocenters. The van der Waals surface area contributed by atoms with Gasteiger partial charge in [0.2, 0.25) is 0 Å². The molecule has 106 valence electrons. The quantitative estimate of drug-likeness (QED) is 0.846. The van der Waals surface area contributed by atoms with Crippen LogP contribution in [0.15, 0.2) is 24.3 Å². The third kappa shape index (κ3) is 3.74. The standard InChI is InChI=1S/C16H20N2O2/c1-2-13-7-9-18(10-8-13)16(19)12-20-15-5-3-14(11-17)4-6-15/h3-6,13H,2,7-10,12H2,1H3. The van der Waals surface area contributed by atoms with Crippen LogP contribution < -0.4 is 4.74 Å². The first-order chi connectivity index (χ1) is 9.72. The van der Waals surface area contributed by atoms with Crippen molar-refractivity contribution in [2.45, 2.75) is 26.2 Å². The maximum atomic E-state index is 12.0. The van der Waals surface area contributed by atoms with Crippen molar-refractivity contribution in [1.82, 2.24) is 4.90 Å². The van der Waals surface area contributed by atoms with Gasteiger partial charge in [-0.2, -0.15) is 5.26 Å². The van der Waals surface area contributed by atoms with E-state index in [2.05, 4.69) is 6.92 Å². The van der Waals surface area contributed by atoms with Gasteiger partial charge in [0.15, 0.2) is 6.61 Å². The monoisotopic (exact) mass is 272 g/mol. The normalized spacial score (nSPS) is 15.7. The minimum Gasteiger partial charge on any atom is -0.484 e. The van der Waals surface area contributed by atoms with Crippen LogP contribution in [0.4, 0.5) is 0 Å². The molecular weight excluding hydrogens is 252 g/mol. The molecule has 0 aliphatic carbocycles. The minimum atomic E-state index is 0.0453. The van der Waals surface area contributed by atoms with Crippen molar-refractivity contribution >= 4 is 5.91 Å². The lowest BCUT2D eigenvalue weighted by atomic mass is 9.94. The Kier molecular flexibility index (Phi) is 5.00. The summed E-state index contributed by atoms with van der Waals surface area (Å²) in [6, 6.07) is 8.86. The second-order valence-corrected chi connectivity index (χ2v) is 5.16. The Morgan fingerprint density at radius 2 is 2.00 bits per heavy atom. The molecule has 0 spiro atoms. The summed E-state index contributed by atoms with van der Waals surface area (Å²) in [4.78, 5) is 13.9. The summed E-state index contributed by atoms with van der Waals surface area (Å²) < 4.78 is 5.47. The Morgan fingerprint density at radius 1 is 1.35 bits per heavy atom. The van der Waals surface area contributed by atoms with E-state index in [4.69, 9.17) is 10.00 Å². The zero-order valence-corrected chi connectivity index (χ0v) is 11.8. The minimum absolute atomic E-state index is 0.0453. The third-order valence-electron chi connectivity index (χ3n) is 3.89. The van der Waals surface area contributed by atoms with E-state index in [-0.39, 0.29) is 12.5 Å². The molecular formula is C16H20N2O2. The summed E-state index contributed by atoms with van der Waals surface area (Å²) in [5.41, 5.74) is 0.588. The van der Waals surface area contributed by atoms with Crippen LogP contribution in [0.3, 0.4) is 0 Å². The number of nitrogens with zero attached hydrogens (tertiary/aromatic N) is 2. The van der Waals surface area contributed by atoms with Gasteiger partial charge < -0.3 is 9.64 Å². The van der Waals surface area contributed by atoms with Crippen molar-refractivity contribution in [2.24, 2.45) is 5.92 Å². The zero-order chi connectivity index (χ0) is 14.4. The number of hydrogen-bond donors (Lipinski definition) is 0. The van der Waals surface area contributed by atoms with Gasteiger partial charge in [0.25, 0.3) is 5.91 Å². The second kappa shape index (κ2) is 6.95. The molecule has 0 unspecified atom stereocenters. The molecule has 1 heterocycles. The van der Waals surface area contributed by atoms with Crippen LogP contribution in [0.1, 0.15) is 31.7 Å². The largest absolute Gasteiger partial charge is 0.484 e. The molecule has 20 heavy (non-hydrogen) atoms. The van der Waals surface area contributed by atoms with Gasteiger partial charge in [-0.3, -0.25) is 4.79 Å². The highest BCUT2D eigenvalue weighted by molar-refractivity contribution is 5.77. The highest BCUT2D eigenvalue weighted by atomic mass is 16.5. The molecule has 1 aromatic rings. The molecule has 1 aromatic carbocycles. The Labute approximate surface area is 120 Å². The lowest BCUT2D eigenvalue weighted by Crippen LogP contribution is -2.40. The molecule has 1 fully saturated rings. The molecule has 4 heteroatoms. The average molecular weight is 272 g/mol. The van der Waals surface area contributed by atoms with Crippen molar-refractivity contribution in [3.63, 3.8) is 0 Å². The predicted octanol–water partition coefficient (Wildman–Crippen LogP) is 2.59. The first kappa shape index (κ1) is 14.4. The molecule has 4 nitrogen and oxygen atoms in total. The topological polar surface area (TPSA) is 53.3 Å². The molecule has 0 aromatic heterocycles. The van der Waals surface area contributed by atoms with Gasteiger partial charge in [-0.25, -0.2) is 0 Å². The number of carbonyl (C=O) groups excluding carboxylic acids is 1. The molecule has 1 aliphatic rings. The van der Waals surface area contributed by atoms with Crippen LogP contribution >= 0.6 is 0 Å². The third-order valence-corrected chi connectivity index (χ3v) is 3.89. The van der Waals surface area contributed by atoms with E-state index in [0.29, 0.717) is 11.3 Å². The summed E-state index contributed by atoms with van der Waals surface area (Å²) in [6.07, 6.45) is 3.39. The average Bonchev–Trinajstić information content (AvgIpc) is 2.53. The summed E-state index contributed by atoms with van der Waals surface area (Å²) in [6.45, 7) is 3.96. The van der Waals surface area contributed by atoms with Gasteiger partial charge in [-0.15, -0.1) is 0 Å². The number of benzene rings is 1. The molecule has 1 saturated heterocycles. The molecule has 0 bridgehead atoms.